The molecule has 0 aromatic carbocycles. The zero-order chi connectivity index (χ0) is 19.3. The zero-order valence-electron chi connectivity index (χ0n) is 16.9. The Morgan fingerprint density at radius 1 is 1.19 bits per heavy atom. The van der Waals surface area contributed by atoms with E-state index in [0.717, 1.165) is 30.4 Å². The summed E-state index contributed by atoms with van der Waals surface area (Å²) in [7, 11) is 0. The van der Waals surface area contributed by atoms with Crippen molar-refractivity contribution < 1.29 is 4.79 Å². The summed E-state index contributed by atoms with van der Waals surface area (Å²) < 4.78 is 0. The normalized spacial score (nSPS) is 15.6. The Hall–Kier alpha value is -1.63. The molecule has 1 aromatic rings. The second-order valence-corrected chi connectivity index (χ2v) is 8.27. The number of hydrogen-bond donors (Lipinski definition) is 3. The Balaban J connectivity index is 1.63. The molecule has 7 heteroatoms. The van der Waals surface area contributed by atoms with Gasteiger partial charge in [0.05, 0.1) is 5.01 Å². The Morgan fingerprint density at radius 3 is 2.67 bits per heavy atom. The number of hydrogen-bond acceptors (Lipinski definition) is 4. The van der Waals surface area contributed by atoms with Crippen LogP contribution in [0.25, 0.3) is 0 Å². The Kier molecular flexibility index (Phi) is 10.2. The highest BCUT2D eigenvalue weighted by Crippen LogP contribution is 2.25. The summed E-state index contributed by atoms with van der Waals surface area (Å²) in [5.74, 6) is 1.57. The molecule has 0 atom stereocenters. The average molecular weight is 394 g/mol. The molecule has 1 amide bonds. The van der Waals surface area contributed by atoms with E-state index in [4.69, 9.17) is 0 Å². The first-order chi connectivity index (χ1) is 13.2. The molecule has 27 heavy (non-hydrogen) atoms. The van der Waals surface area contributed by atoms with E-state index in [2.05, 4.69) is 39.8 Å². The van der Waals surface area contributed by atoms with E-state index in [1.54, 1.807) is 11.3 Å². The smallest absolute Gasteiger partial charge is 0.220 e. The van der Waals surface area contributed by atoms with Gasteiger partial charge in [-0.1, -0.05) is 26.2 Å². The summed E-state index contributed by atoms with van der Waals surface area (Å²) >= 11 is 1.77. The molecule has 2 rings (SSSR count). The molecule has 1 heterocycles. The second kappa shape index (κ2) is 12.7. The van der Waals surface area contributed by atoms with E-state index in [9.17, 15) is 4.79 Å². The van der Waals surface area contributed by atoms with Crippen molar-refractivity contribution in [1.82, 2.24) is 20.9 Å². The van der Waals surface area contributed by atoms with E-state index in [-0.39, 0.29) is 5.91 Å². The predicted octanol–water partition coefficient (Wildman–Crippen LogP) is 2.89. The van der Waals surface area contributed by atoms with Gasteiger partial charge in [0, 0.05) is 50.1 Å². The first-order valence-electron chi connectivity index (χ1n) is 10.4. The highest BCUT2D eigenvalue weighted by molar-refractivity contribution is 7.11. The van der Waals surface area contributed by atoms with Gasteiger partial charge in [-0.2, -0.15) is 0 Å². The van der Waals surface area contributed by atoms with Gasteiger partial charge in [-0.05, 0) is 32.1 Å². The van der Waals surface area contributed by atoms with Gasteiger partial charge < -0.3 is 16.0 Å². The summed E-state index contributed by atoms with van der Waals surface area (Å²) in [5.41, 5.74) is 0. The number of aryl methyl sites for hydroxylation is 1. The maximum absolute atomic E-state index is 12.0. The lowest BCUT2D eigenvalue weighted by Crippen LogP contribution is -2.41. The summed E-state index contributed by atoms with van der Waals surface area (Å²) in [6, 6.07) is 0. The van der Waals surface area contributed by atoms with Gasteiger partial charge in [0.15, 0.2) is 5.96 Å². The van der Waals surface area contributed by atoms with Crippen LogP contribution >= 0.6 is 11.3 Å². The third-order valence-electron chi connectivity index (χ3n) is 4.83. The van der Waals surface area contributed by atoms with Crippen molar-refractivity contribution in [3.05, 3.63) is 16.1 Å². The largest absolute Gasteiger partial charge is 0.357 e. The summed E-state index contributed by atoms with van der Waals surface area (Å²) in [5, 5.41) is 10.7. The number of amides is 1. The number of aliphatic imine (C=N–C) groups is 1. The van der Waals surface area contributed by atoms with Gasteiger partial charge in [0.25, 0.3) is 0 Å². The number of carbonyl (C=O) groups is 1. The quantitative estimate of drug-likeness (QED) is 0.324. The lowest BCUT2D eigenvalue weighted by Gasteiger charge is -2.20. The van der Waals surface area contributed by atoms with E-state index in [1.165, 1.54) is 37.0 Å². The van der Waals surface area contributed by atoms with Crippen LogP contribution in [0.5, 0.6) is 0 Å². The van der Waals surface area contributed by atoms with Crippen LogP contribution < -0.4 is 16.0 Å². The molecule has 3 N–H and O–H groups in total. The molecule has 1 aliphatic carbocycles. The summed E-state index contributed by atoms with van der Waals surface area (Å²) in [4.78, 5) is 22.4. The molecular formula is C20H35N5OS. The Labute approximate surface area is 167 Å². The average Bonchev–Trinajstić information content (AvgIpc) is 3.14. The third kappa shape index (κ3) is 8.73. The maximum atomic E-state index is 12.0. The minimum absolute atomic E-state index is 0.182. The molecule has 152 valence electrons. The molecule has 1 aliphatic rings. The number of aromatic nitrogens is 1. The molecule has 0 bridgehead atoms. The first kappa shape index (κ1) is 21.7. The summed E-state index contributed by atoms with van der Waals surface area (Å²) in [6.45, 7) is 7.03. The maximum Gasteiger partial charge on any atom is 0.220 e. The van der Waals surface area contributed by atoms with Gasteiger partial charge >= 0.3 is 0 Å². The molecule has 0 unspecified atom stereocenters. The van der Waals surface area contributed by atoms with E-state index >= 15 is 0 Å². The zero-order valence-corrected chi connectivity index (χ0v) is 17.7. The van der Waals surface area contributed by atoms with Crippen molar-refractivity contribution >= 4 is 23.2 Å². The van der Waals surface area contributed by atoms with Crippen molar-refractivity contribution in [1.29, 1.82) is 0 Å². The second-order valence-electron chi connectivity index (χ2n) is 7.07. The Bertz CT molecular complexity index is 581. The molecule has 1 fully saturated rings. The van der Waals surface area contributed by atoms with Crippen molar-refractivity contribution in [2.24, 2.45) is 10.9 Å². The van der Waals surface area contributed by atoms with E-state index < -0.39 is 0 Å². The number of nitrogens with zero attached hydrogens (tertiary/aromatic N) is 2. The number of rotatable bonds is 10. The highest BCUT2D eigenvalue weighted by atomic mass is 32.1. The van der Waals surface area contributed by atoms with Crippen LogP contribution in [-0.2, 0) is 17.6 Å². The fourth-order valence-corrected chi connectivity index (χ4v) is 4.19. The fraction of sp³-hybridized carbons (Fsp3) is 0.750. The topological polar surface area (TPSA) is 78.4 Å². The van der Waals surface area contributed by atoms with Crippen molar-refractivity contribution in [3.63, 3.8) is 0 Å². The molecule has 0 radical (unpaired) electrons. The van der Waals surface area contributed by atoms with Crippen LogP contribution in [0.2, 0.25) is 0 Å². The summed E-state index contributed by atoms with van der Waals surface area (Å²) in [6.07, 6.45) is 10.9. The molecule has 0 aliphatic heterocycles. The van der Waals surface area contributed by atoms with Gasteiger partial charge in [-0.3, -0.25) is 9.79 Å². The number of guanidine groups is 1. The number of carbonyl (C=O) groups excluding carboxylic acids is 1. The SMILES string of the molecule is CCNC(=NCCc1ncc(CC)s1)NCCNC(=O)CC1CCCCC1. The van der Waals surface area contributed by atoms with Crippen molar-refractivity contribution in [3.8, 4) is 0 Å². The minimum atomic E-state index is 0.182. The fourth-order valence-electron chi connectivity index (χ4n) is 3.34. The third-order valence-corrected chi connectivity index (χ3v) is 6.03. The van der Waals surface area contributed by atoms with E-state index in [1.807, 2.05) is 6.20 Å². The van der Waals surface area contributed by atoms with Gasteiger partial charge in [-0.15, -0.1) is 11.3 Å². The van der Waals surface area contributed by atoms with Crippen LogP contribution in [0, 0.1) is 5.92 Å². The monoisotopic (exact) mass is 393 g/mol. The standard InChI is InChI=1S/C20H35N5OS/c1-3-17-15-25-19(27-17)10-11-23-20(21-4-2)24-13-12-22-18(26)14-16-8-6-5-7-9-16/h15-16H,3-14H2,1-2H3,(H,22,26)(H2,21,23,24). The highest BCUT2D eigenvalue weighted by Gasteiger charge is 2.16. The molecule has 1 aromatic heterocycles. The lowest BCUT2D eigenvalue weighted by atomic mass is 9.87. The van der Waals surface area contributed by atoms with Gasteiger partial charge in [-0.25, -0.2) is 4.98 Å². The van der Waals surface area contributed by atoms with Crippen molar-refractivity contribution in [2.75, 3.05) is 26.2 Å². The number of nitrogens with one attached hydrogen (secondary N) is 3. The van der Waals surface area contributed by atoms with Crippen LogP contribution in [0.15, 0.2) is 11.2 Å². The predicted molar refractivity (Wildman–Crippen MR) is 113 cm³/mol. The van der Waals surface area contributed by atoms with Crippen LogP contribution in [0.1, 0.15) is 62.3 Å². The first-order valence-corrected chi connectivity index (χ1v) is 11.2. The Morgan fingerprint density at radius 2 is 1.96 bits per heavy atom. The van der Waals surface area contributed by atoms with Crippen LogP contribution in [0.4, 0.5) is 0 Å². The molecule has 1 saturated carbocycles. The minimum Gasteiger partial charge on any atom is -0.357 e. The number of thiazole rings is 1. The van der Waals surface area contributed by atoms with Crippen LogP contribution in [-0.4, -0.2) is 43.0 Å². The van der Waals surface area contributed by atoms with Crippen LogP contribution in [0.3, 0.4) is 0 Å². The molecule has 0 saturated heterocycles. The van der Waals surface area contributed by atoms with Crippen molar-refractivity contribution in [2.45, 2.75) is 65.2 Å². The molecular weight excluding hydrogens is 358 g/mol. The molecule has 6 nitrogen and oxygen atoms in total. The van der Waals surface area contributed by atoms with E-state index in [0.29, 0.717) is 32.0 Å². The van der Waals surface area contributed by atoms with Gasteiger partial charge in [0.1, 0.15) is 0 Å². The molecule has 0 spiro atoms. The van der Waals surface area contributed by atoms with Gasteiger partial charge in [0.2, 0.25) is 5.91 Å². The lowest BCUT2D eigenvalue weighted by molar-refractivity contribution is -0.122.